The second-order valence-corrected chi connectivity index (χ2v) is 5.08. The normalized spacial score (nSPS) is 11.8. The minimum Gasteiger partial charge on any atom is -0.325 e. The van der Waals surface area contributed by atoms with Crippen LogP contribution in [0, 0.1) is 0 Å². The molecule has 0 heterocycles. The maximum Gasteiger partial charge on any atom is 0.0550 e. The summed E-state index contributed by atoms with van der Waals surface area (Å²) in [6.45, 7) is 4.00. The Morgan fingerprint density at radius 2 is 2.08 bits per heavy atom. The summed E-state index contributed by atoms with van der Waals surface area (Å²) >= 11 is 9.40. The summed E-state index contributed by atoms with van der Waals surface area (Å²) in [5.74, 6) is 0. The third-order valence-electron chi connectivity index (χ3n) is 1.68. The lowest BCUT2D eigenvalue weighted by Gasteiger charge is -2.19. The van der Waals surface area contributed by atoms with Gasteiger partial charge in [0.05, 0.1) is 5.02 Å². The highest BCUT2D eigenvalue weighted by atomic mass is 79.9. The molecule has 3 heteroatoms. The van der Waals surface area contributed by atoms with Crippen LogP contribution >= 0.6 is 27.5 Å². The van der Waals surface area contributed by atoms with E-state index >= 15 is 0 Å². The summed E-state index contributed by atoms with van der Waals surface area (Å²) in [5.41, 5.74) is 6.87. The molecule has 13 heavy (non-hydrogen) atoms. The molecule has 0 aromatic heterocycles. The van der Waals surface area contributed by atoms with Gasteiger partial charge in [-0.2, -0.15) is 0 Å². The summed E-state index contributed by atoms with van der Waals surface area (Å²) in [4.78, 5) is 0. The van der Waals surface area contributed by atoms with Gasteiger partial charge in [-0.05, 0) is 47.8 Å². The predicted octanol–water partition coefficient (Wildman–Crippen LogP) is 3.38. The Morgan fingerprint density at radius 3 is 2.62 bits per heavy atom. The van der Waals surface area contributed by atoms with Gasteiger partial charge < -0.3 is 5.73 Å². The number of benzene rings is 1. The molecule has 2 N–H and O–H groups in total. The first-order valence-corrected chi connectivity index (χ1v) is 5.29. The van der Waals surface area contributed by atoms with Gasteiger partial charge in [-0.3, -0.25) is 0 Å². The average molecular weight is 263 g/mol. The molecule has 0 atom stereocenters. The molecule has 0 fully saturated rings. The molecule has 1 aromatic carbocycles. The Hall–Kier alpha value is -0.0500. The van der Waals surface area contributed by atoms with E-state index in [1.54, 1.807) is 0 Å². The number of hydrogen-bond acceptors (Lipinski definition) is 1. The third kappa shape index (κ3) is 3.29. The van der Waals surface area contributed by atoms with Gasteiger partial charge in [0.2, 0.25) is 0 Å². The van der Waals surface area contributed by atoms with Crippen molar-refractivity contribution in [3.63, 3.8) is 0 Å². The Kier molecular flexibility index (Phi) is 3.38. The monoisotopic (exact) mass is 261 g/mol. The van der Waals surface area contributed by atoms with Gasteiger partial charge in [0.25, 0.3) is 0 Å². The van der Waals surface area contributed by atoms with Crippen LogP contribution in [0.4, 0.5) is 0 Å². The minimum atomic E-state index is -0.201. The lowest BCUT2D eigenvalue weighted by molar-refractivity contribution is 0.516. The number of halogens is 2. The Morgan fingerprint density at radius 1 is 1.46 bits per heavy atom. The molecule has 0 aliphatic rings. The van der Waals surface area contributed by atoms with E-state index in [4.69, 9.17) is 17.3 Å². The van der Waals surface area contributed by atoms with E-state index in [2.05, 4.69) is 15.9 Å². The number of nitrogens with two attached hydrogens (primary N) is 1. The van der Waals surface area contributed by atoms with Crippen LogP contribution in [0.2, 0.25) is 5.02 Å². The smallest absolute Gasteiger partial charge is 0.0550 e. The number of hydrogen-bond donors (Lipinski definition) is 1. The van der Waals surface area contributed by atoms with E-state index in [-0.39, 0.29) is 5.54 Å². The van der Waals surface area contributed by atoms with Gasteiger partial charge >= 0.3 is 0 Å². The van der Waals surface area contributed by atoms with Crippen molar-refractivity contribution in [1.82, 2.24) is 0 Å². The molecular formula is C10H13BrClN. The molecule has 0 unspecified atom stereocenters. The van der Waals surface area contributed by atoms with Crippen LogP contribution in [-0.4, -0.2) is 5.54 Å². The first kappa shape index (κ1) is 11.0. The molecule has 1 nitrogen and oxygen atoms in total. The van der Waals surface area contributed by atoms with E-state index in [1.807, 2.05) is 32.0 Å². The van der Waals surface area contributed by atoms with Crippen molar-refractivity contribution in [2.24, 2.45) is 5.73 Å². The highest BCUT2D eigenvalue weighted by Gasteiger charge is 2.14. The van der Waals surface area contributed by atoms with Crippen LogP contribution in [0.1, 0.15) is 19.4 Å². The molecule has 72 valence electrons. The van der Waals surface area contributed by atoms with Crippen molar-refractivity contribution in [3.05, 3.63) is 33.3 Å². The van der Waals surface area contributed by atoms with Gasteiger partial charge in [0, 0.05) is 10.0 Å². The highest BCUT2D eigenvalue weighted by Crippen LogP contribution is 2.28. The molecule has 0 amide bonds. The maximum atomic E-state index is 5.95. The van der Waals surface area contributed by atoms with Crippen molar-refractivity contribution < 1.29 is 0 Å². The fourth-order valence-corrected chi connectivity index (χ4v) is 1.77. The van der Waals surface area contributed by atoms with Gasteiger partial charge in [0.15, 0.2) is 0 Å². The zero-order valence-corrected chi connectivity index (χ0v) is 10.1. The van der Waals surface area contributed by atoms with Crippen LogP contribution in [0.3, 0.4) is 0 Å². The van der Waals surface area contributed by atoms with E-state index in [0.717, 1.165) is 21.5 Å². The summed E-state index contributed by atoms with van der Waals surface area (Å²) < 4.78 is 0.954. The summed E-state index contributed by atoms with van der Waals surface area (Å²) in [6, 6.07) is 5.83. The zero-order valence-electron chi connectivity index (χ0n) is 7.77. The van der Waals surface area contributed by atoms with Gasteiger partial charge in [-0.15, -0.1) is 0 Å². The zero-order chi connectivity index (χ0) is 10.1. The lowest BCUT2D eigenvalue weighted by Crippen LogP contribution is -2.34. The van der Waals surface area contributed by atoms with Crippen LogP contribution in [0.5, 0.6) is 0 Å². The van der Waals surface area contributed by atoms with Gasteiger partial charge in [-0.1, -0.05) is 23.7 Å². The van der Waals surface area contributed by atoms with Crippen molar-refractivity contribution in [3.8, 4) is 0 Å². The quantitative estimate of drug-likeness (QED) is 0.869. The summed E-state index contributed by atoms with van der Waals surface area (Å²) in [7, 11) is 0. The van der Waals surface area contributed by atoms with Crippen LogP contribution in [0.25, 0.3) is 0 Å². The first-order valence-electron chi connectivity index (χ1n) is 4.12. The fraction of sp³-hybridized carbons (Fsp3) is 0.400. The summed E-state index contributed by atoms with van der Waals surface area (Å²) in [5, 5.41) is 0.738. The standard InChI is InChI=1S/C10H13BrClN/c1-10(2,13)6-7-4-3-5-8(12)9(7)11/h3-5H,6,13H2,1-2H3. The molecule has 0 saturated heterocycles. The third-order valence-corrected chi connectivity index (χ3v) is 3.16. The van der Waals surface area contributed by atoms with Crippen molar-refractivity contribution >= 4 is 27.5 Å². The van der Waals surface area contributed by atoms with E-state index in [1.165, 1.54) is 0 Å². The predicted molar refractivity (Wildman–Crippen MR) is 61.1 cm³/mol. The Bertz CT molecular complexity index is 304. The molecule has 0 saturated carbocycles. The van der Waals surface area contributed by atoms with Crippen LogP contribution in [-0.2, 0) is 6.42 Å². The van der Waals surface area contributed by atoms with E-state index in [0.29, 0.717) is 0 Å². The molecule has 0 spiro atoms. The Balaban J connectivity index is 2.96. The van der Waals surface area contributed by atoms with Crippen LogP contribution < -0.4 is 5.73 Å². The van der Waals surface area contributed by atoms with Crippen LogP contribution in [0.15, 0.2) is 22.7 Å². The maximum absolute atomic E-state index is 5.95. The molecule has 1 aromatic rings. The first-order chi connectivity index (χ1) is 5.90. The van der Waals surface area contributed by atoms with E-state index < -0.39 is 0 Å². The molecule has 0 aliphatic heterocycles. The largest absolute Gasteiger partial charge is 0.325 e. The van der Waals surface area contributed by atoms with E-state index in [9.17, 15) is 0 Å². The second kappa shape index (κ2) is 3.99. The molecular weight excluding hydrogens is 249 g/mol. The van der Waals surface area contributed by atoms with Gasteiger partial charge in [0.1, 0.15) is 0 Å². The molecule has 0 aliphatic carbocycles. The Labute approximate surface area is 92.4 Å². The summed E-state index contributed by atoms with van der Waals surface area (Å²) in [6.07, 6.45) is 0.814. The SMILES string of the molecule is CC(C)(N)Cc1cccc(Cl)c1Br. The minimum absolute atomic E-state index is 0.201. The van der Waals surface area contributed by atoms with Crippen molar-refractivity contribution in [2.45, 2.75) is 25.8 Å². The highest BCUT2D eigenvalue weighted by molar-refractivity contribution is 9.10. The topological polar surface area (TPSA) is 26.0 Å². The van der Waals surface area contributed by atoms with Crippen molar-refractivity contribution in [1.29, 1.82) is 0 Å². The fourth-order valence-electron chi connectivity index (χ4n) is 1.18. The second-order valence-electron chi connectivity index (χ2n) is 3.88. The van der Waals surface area contributed by atoms with Crippen molar-refractivity contribution in [2.75, 3.05) is 0 Å². The lowest BCUT2D eigenvalue weighted by atomic mass is 9.96. The molecule has 1 rings (SSSR count). The average Bonchev–Trinajstić information content (AvgIpc) is 1.96. The molecule has 0 bridgehead atoms. The number of rotatable bonds is 2. The molecule has 0 radical (unpaired) electrons. The van der Waals surface area contributed by atoms with Gasteiger partial charge in [-0.25, -0.2) is 0 Å².